The molecule has 4 nitrogen and oxygen atoms in total. The van der Waals surface area contributed by atoms with Gasteiger partial charge in [0, 0.05) is 43.7 Å². The maximum absolute atomic E-state index is 5.03. The summed E-state index contributed by atoms with van der Waals surface area (Å²) < 4.78 is 6.16. The lowest BCUT2D eigenvalue weighted by molar-refractivity contribution is 0.195. The molecule has 0 aromatic heterocycles. The molecule has 1 aromatic rings. The van der Waals surface area contributed by atoms with Crippen LogP contribution in [0.4, 0.5) is 0 Å². The Balaban J connectivity index is 1.75. The zero-order valence-electron chi connectivity index (χ0n) is 12.0. The topological polar surface area (TPSA) is 45.7 Å². The van der Waals surface area contributed by atoms with Crippen molar-refractivity contribution in [2.45, 2.75) is 24.8 Å². The Hall–Kier alpha value is -1.07. The van der Waals surface area contributed by atoms with Gasteiger partial charge in [0.15, 0.2) is 5.96 Å². The van der Waals surface area contributed by atoms with E-state index >= 15 is 0 Å². The fourth-order valence-electron chi connectivity index (χ4n) is 2.23. The Bertz CT molecular complexity index is 447. The number of ether oxygens (including phenoxy) is 1. The second-order valence-electron chi connectivity index (χ2n) is 4.99. The Morgan fingerprint density at radius 2 is 2.15 bits per heavy atom. The van der Waals surface area contributed by atoms with Crippen LogP contribution in [0.2, 0.25) is 0 Å². The molecular formula is C15H22BrN3O. The van der Waals surface area contributed by atoms with E-state index in [2.05, 4.69) is 55.8 Å². The summed E-state index contributed by atoms with van der Waals surface area (Å²) >= 11 is 3.47. The molecule has 2 N–H and O–H groups in total. The molecule has 0 radical (unpaired) electrons. The molecule has 1 aliphatic rings. The van der Waals surface area contributed by atoms with E-state index in [1.54, 1.807) is 7.11 Å². The molecule has 1 aliphatic carbocycles. The normalized spacial score (nSPS) is 21.6. The SMILES string of the molecule is CN=C(NCCCOC)NC1CC1c1ccc(Br)cc1. The van der Waals surface area contributed by atoms with E-state index in [0.29, 0.717) is 12.0 Å². The molecule has 2 atom stereocenters. The second-order valence-corrected chi connectivity index (χ2v) is 5.91. The first-order valence-corrected chi connectivity index (χ1v) is 7.75. The number of aliphatic imine (C=N–C) groups is 1. The summed E-state index contributed by atoms with van der Waals surface area (Å²) in [4.78, 5) is 4.25. The summed E-state index contributed by atoms with van der Waals surface area (Å²) in [6.45, 7) is 1.65. The lowest BCUT2D eigenvalue weighted by Crippen LogP contribution is -2.39. The predicted molar refractivity (Wildman–Crippen MR) is 86.3 cm³/mol. The highest BCUT2D eigenvalue weighted by atomic mass is 79.9. The van der Waals surface area contributed by atoms with Crippen LogP contribution < -0.4 is 10.6 Å². The van der Waals surface area contributed by atoms with Crippen LogP contribution in [0, 0.1) is 0 Å². The smallest absolute Gasteiger partial charge is 0.191 e. The van der Waals surface area contributed by atoms with Crippen molar-refractivity contribution in [2.24, 2.45) is 4.99 Å². The molecule has 110 valence electrons. The minimum Gasteiger partial charge on any atom is -0.385 e. The fraction of sp³-hybridized carbons (Fsp3) is 0.533. The molecule has 20 heavy (non-hydrogen) atoms. The van der Waals surface area contributed by atoms with Gasteiger partial charge >= 0.3 is 0 Å². The first-order valence-electron chi connectivity index (χ1n) is 6.96. The van der Waals surface area contributed by atoms with Gasteiger partial charge in [-0.25, -0.2) is 0 Å². The van der Waals surface area contributed by atoms with Crippen LogP contribution in [-0.2, 0) is 4.74 Å². The van der Waals surface area contributed by atoms with Gasteiger partial charge in [0.1, 0.15) is 0 Å². The van der Waals surface area contributed by atoms with Gasteiger partial charge in [-0.05, 0) is 30.5 Å². The predicted octanol–water partition coefficient (Wildman–Crippen LogP) is 2.51. The van der Waals surface area contributed by atoms with Crippen LogP contribution in [0.3, 0.4) is 0 Å². The van der Waals surface area contributed by atoms with E-state index in [9.17, 15) is 0 Å². The van der Waals surface area contributed by atoms with E-state index in [1.165, 1.54) is 12.0 Å². The number of halogens is 1. The molecule has 0 aliphatic heterocycles. The average Bonchev–Trinajstić information content (AvgIpc) is 3.22. The minimum atomic E-state index is 0.491. The summed E-state index contributed by atoms with van der Waals surface area (Å²) in [6, 6.07) is 9.06. The van der Waals surface area contributed by atoms with Crippen molar-refractivity contribution < 1.29 is 4.74 Å². The van der Waals surface area contributed by atoms with E-state index in [-0.39, 0.29) is 0 Å². The van der Waals surface area contributed by atoms with E-state index in [1.807, 2.05) is 7.05 Å². The number of guanidine groups is 1. The Morgan fingerprint density at radius 1 is 1.40 bits per heavy atom. The second kappa shape index (κ2) is 7.64. The summed E-state index contributed by atoms with van der Waals surface area (Å²) in [7, 11) is 3.53. The minimum absolute atomic E-state index is 0.491. The first-order chi connectivity index (χ1) is 9.74. The maximum Gasteiger partial charge on any atom is 0.191 e. The number of hydrogen-bond acceptors (Lipinski definition) is 2. The quantitative estimate of drug-likeness (QED) is 0.475. The highest BCUT2D eigenvalue weighted by Crippen LogP contribution is 2.40. The molecule has 2 unspecified atom stereocenters. The van der Waals surface area contributed by atoms with Crippen molar-refractivity contribution in [3.05, 3.63) is 34.3 Å². The van der Waals surface area contributed by atoms with Crippen LogP contribution >= 0.6 is 15.9 Å². The Labute approximate surface area is 129 Å². The molecule has 0 saturated heterocycles. The van der Waals surface area contributed by atoms with Crippen LogP contribution in [0.25, 0.3) is 0 Å². The summed E-state index contributed by atoms with van der Waals surface area (Å²) in [5.74, 6) is 1.48. The third-order valence-corrected chi connectivity index (χ3v) is 3.98. The molecule has 0 spiro atoms. The lowest BCUT2D eigenvalue weighted by Gasteiger charge is -2.11. The van der Waals surface area contributed by atoms with Gasteiger partial charge in [-0.3, -0.25) is 4.99 Å². The van der Waals surface area contributed by atoms with Crippen molar-refractivity contribution in [2.75, 3.05) is 27.3 Å². The van der Waals surface area contributed by atoms with E-state index in [0.717, 1.165) is 30.0 Å². The zero-order valence-corrected chi connectivity index (χ0v) is 13.6. The van der Waals surface area contributed by atoms with Gasteiger partial charge in [-0.15, -0.1) is 0 Å². The van der Waals surface area contributed by atoms with Crippen LogP contribution in [0.15, 0.2) is 33.7 Å². The number of hydrogen-bond donors (Lipinski definition) is 2. The fourth-order valence-corrected chi connectivity index (χ4v) is 2.49. The molecule has 0 bridgehead atoms. The van der Waals surface area contributed by atoms with Crippen molar-refractivity contribution >= 4 is 21.9 Å². The van der Waals surface area contributed by atoms with Crippen LogP contribution in [-0.4, -0.2) is 39.3 Å². The van der Waals surface area contributed by atoms with E-state index < -0.39 is 0 Å². The summed E-state index contributed by atoms with van der Waals surface area (Å²) in [5, 5.41) is 6.78. The molecule has 1 fully saturated rings. The molecule has 2 rings (SSSR count). The summed E-state index contributed by atoms with van der Waals surface area (Å²) in [5.41, 5.74) is 1.39. The zero-order chi connectivity index (χ0) is 14.4. The van der Waals surface area contributed by atoms with Crippen molar-refractivity contribution in [3.63, 3.8) is 0 Å². The largest absolute Gasteiger partial charge is 0.385 e. The van der Waals surface area contributed by atoms with Crippen LogP contribution in [0.5, 0.6) is 0 Å². The Kier molecular flexibility index (Phi) is 5.86. The van der Waals surface area contributed by atoms with E-state index in [4.69, 9.17) is 4.74 Å². The van der Waals surface area contributed by atoms with Gasteiger partial charge < -0.3 is 15.4 Å². The third-order valence-electron chi connectivity index (χ3n) is 3.45. The lowest BCUT2D eigenvalue weighted by atomic mass is 10.1. The van der Waals surface area contributed by atoms with Crippen LogP contribution in [0.1, 0.15) is 24.3 Å². The number of rotatable bonds is 6. The van der Waals surface area contributed by atoms with Gasteiger partial charge in [-0.2, -0.15) is 0 Å². The molecule has 0 heterocycles. The van der Waals surface area contributed by atoms with Gasteiger partial charge in [-0.1, -0.05) is 28.1 Å². The molecule has 0 amide bonds. The van der Waals surface area contributed by atoms with Crippen molar-refractivity contribution in [3.8, 4) is 0 Å². The number of methoxy groups -OCH3 is 1. The van der Waals surface area contributed by atoms with Gasteiger partial charge in [0.2, 0.25) is 0 Å². The average molecular weight is 340 g/mol. The first kappa shape index (κ1) is 15.3. The third kappa shape index (κ3) is 4.49. The van der Waals surface area contributed by atoms with Crippen molar-refractivity contribution in [1.29, 1.82) is 0 Å². The highest BCUT2D eigenvalue weighted by Gasteiger charge is 2.38. The number of nitrogens with zero attached hydrogens (tertiary/aromatic N) is 1. The molecule has 1 saturated carbocycles. The monoisotopic (exact) mass is 339 g/mol. The Morgan fingerprint density at radius 3 is 2.80 bits per heavy atom. The van der Waals surface area contributed by atoms with Gasteiger partial charge in [0.05, 0.1) is 0 Å². The number of benzene rings is 1. The molecule has 5 heteroatoms. The van der Waals surface area contributed by atoms with Gasteiger partial charge in [0.25, 0.3) is 0 Å². The highest BCUT2D eigenvalue weighted by molar-refractivity contribution is 9.10. The number of nitrogens with one attached hydrogen (secondary N) is 2. The summed E-state index contributed by atoms with van der Waals surface area (Å²) in [6.07, 6.45) is 2.15. The maximum atomic E-state index is 5.03. The molecule has 1 aromatic carbocycles. The molecular weight excluding hydrogens is 318 g/mol. The van der Waals surface area contributed by atoms with Crippen molar-refractivity contribution in [1.82, 2.24) is 10.6 Å². The standard InChI is InChI=1S/C15H22BrN3O/c1-17-15(18-8-3-9-20-2)19-14-10-13(14)11-4-6-12(16)7-5-11/h4-7,13-14H,3,8-10H2,1-2H3,(H2,17,18,19).